The lowest BCUT2D eigenvalue weighted by atomic mass is 9.95. The smallest absolute Gasteiger partial charge is 0.328 e. The quantitative estimate of drug-likeness (QED) is 0.229. The van der Waals surface area contributed by atoms with Gasteiger partial charge in [-0.3, -0.25) is 4.79 Å². The maximum Gasteiger partial charge on any atom is 0.328 e. The molecule has 0 aromatic heterocycles. The van der Waals surface area contributed by atoms with Gasteiger partial charge in [0.15, 0.2) is 0 Å². The molecule has 6 atom stereocenters. The van der Waals surface area contributed by atoms with Crippen molar-refractivity contribution in [3.63, 3.8) is 0 Å². The summed E-state index contributed by atoms with van der Waals surface area (Å²) in [7, 11) is 0. The van der Waals surface area contributed by atoms with Gasteiger partial charge in [-0.15, -0.1) is 0 Å². The van der Waals surface area contributed by atoms with Crippen LogP contribution in [0.5, 0.6) is 0 Å². The minimum Gasteiger partial charge on any atom is -0.464 e. The summed E-state index contributed by atoms with van der Waals surface area (Å²) < 4.78 is 4.94. The number of carbonyl (C=O) groups is 2. The number of hydrogen-bond acceptors (Lipinski definition) is 7. The summed E-state index contributed by atoms with van der Waals surface area (Å²) in [6.07, 6.45) is 2.44. The first-order valence-electron chi connectivity index (χ1n) is 10.1. The van der Waals surface area contributed by atoms with E-state index in [0.29, 0.717) is 37.8 Å². The lowest BCUT2D eigenvalue weighted by Crippen LogP contribution is -2.56. The number of rotatable bonds is 13. The van der Waals surface area contributed by atoms with Gasteiger partial charge in [0.05, 0.1) is 12.6 Å². The fourth-order valence-electron chi connectivity index (χ4n) is 3.06. The van der Waals surface area contributed by atoms with Crippen molar-refractivity contribution in [2.45, 2.75) is 71.1 Å². The molecule has 27 heavy (non-hydrogen) atoms. The average molecular weight is 403 g/mol. The lowest BCUT2D eigenvalue weighted by Gasteiger charge is -2.30. The highest BCUT2D eigenvalue weighted by Gasteiger charge is 2.32. The summed E-state index contributed by atoms with van der Waals surface area (Å²) in [5.74, 6) is 0.743. The van der Waals surface area contributed by atoms with E-state index in [-0.39, 0.29) is 35.9 Å². The van der Waals surface area contributed by atoms with Crippen LogP contribution in [0.1, 0.15) is 47.0 Å². The van der Waals surface area contributed by atoms with Gasteiger partial charge in [0.1, 0.15) is 6.04 Å². The minimum atomic E-state index is -0.525. The zero-order valence-corrected chi connectivity index (χ0v) is 18.1. The van der Waals surface area contributed by atoms with Gasteiger partial charge in [0.25, 0.3) is 0 Å². The number of carbonyl (C=O) groups excluding carboxylic acids is 2. The van der Waals surface area contributed by atoms with Crippen molar-refractivity contribution in [1.82, 2.24) is 16.0 Å². The van der Waals surface area contributed by atoms with Gasteiger partial charge in [-0.2, -0.15) is 12.6 Å². The number of esters is 1. The molecule has 1 saturated heterocycles. The van der Waals surface area contributed by atoms with Crippen molar-refractivity contribution in [3.8, 4) is 0 Å². The van der Waals surface area contributed by atoms with Crippen LogP contribution >= 0.6 is 12.6 Å². The first-order chi connectivity index (χ1) is 12.8. The van der Waals surface area contributed by atoms with E-state index in [0.717, 1.165) is 12.8 Å². The van der Waals surface area contributed by atoms with Gasteiger partial charge >= 0.3 is 5.97 Å². The first kappa shape index (κ1) is 24.2. The maximum absolute atomic E-state index is 12.8. The Kier molecular flexibility index (Phi) is 11.3. The van der Waals surface area contributed by atoms with E-state index in [4.69, 9.17) is 10.5 Å². The molecule has 0 aromatic rings. The Morgan fingerprint density at radius 1 is 1.22 bits per heavy atom. The standard InChI is InChI=1S/C19H38N4O3S/c1-5-12(3)16(21-9-14(20)11-27)10-22-17(13(4)6-2)18(24)23-15-7-8-26-19(15)25/h12-17,21-22,27H,5-11,20H2,1-4H3,(H,23,24)/t12?,13-,14?,15-,16?,17-/m0/s1. The van der Waals surface area contributed by atoms with Crippen LogP contribution < -0.4 is 21.7 Å². The van der Waals surface area contributed by atoms with Gasteiger partial charge in [-0.25, -0.2) is 4.79 Å². The fourth-order valence-corrected chi connectivity index (χ4v) is 3.19. The monoisotopic (exact) mass is 402 g/mol. The van der Waals surface area contributed by atoms with Crippen molar-refractivity contribution >= 4 is 24.5 Å². The summed E-state index contributed by atoms with van der Waals surface area (Å²) >= 11 is 4.24. The zero-order valence-electron chi connectivity index (χ0n) is 17.2. The molecule has 1 rings (SSSR count). The zero-order chi connectivity index (χ0) is 20.4. The van der Waals surface area contributed by atoms with Crippen molar-refractivity contribution in [2.24, 2.45) is 17.6 Å². The summed E-state index contributed by atoms with van der Waals surface area (Å²) in [6, 6.07) is -0.670. The molecule has 8 heteroatoms. The van der Waals surface area contributed by atoms with Crippen molar-refractivity contribution in [2.75, 3.05) is 25.4 Å². The third-order valence-corrected chi connectivity index (χ3v) is 5.98. The summed E-state index contributed by atoms with van der Waals surface area (Å²) in [6.45, 7) is 10.2. The highest BCUT2D eigenvalue weighted by Crippen LogP contribution is 2.13. The van der Waals surface area contributed by atoms with Crippen LogP contribution in [0.15, 0.2) is 0 Å². The van der Waals surface area contributed by atoms with Gasteiger partial charge in [-0.1, -0.05) is 40.5 Å². The molecule has 0 radical (unpaired) electrons. The van der Waals surface area contributed by atoms with Crippen LogP contribution in [0.4, 0.5) is 0 Å². The van der Waals surface area contributed by atoms with Gasteiger partial charge in [0, 0.05) is 37.3 Å². The predicted octanol–water partition coefficient (Wildman–Crippen LogP) is 0.684. The second kappa shape index (κ2) is 12.6. The van der Waals surface area contributed by atoms with Crippen molar-refractivity contribution in [1.29, 1.82) is 0 Å². The Bertz CT molecular complexity index is 466. The molecule has 1 heterocycles. The van der Waals surface area contributed by atoms with E-state index in [1.165, 1.54) is 0 Å². The van der Waals surface area contributed by atoms with E-state index in [1.54, 1.807) is 0 Å². The normalized spacial score (nSPS) is 22.6. The molecule has 158 valence electrons. The largest absolute Gasteiger partial charge is 0.464 e. The molecule has 0 spiro atoms. The van der Waals surface area contributed by atoms with E-state index in [2.05, 4.69) is 49.4 Å². The molecule has 1 aliphatic heterocycles. The number of hydrogen-bond donors (Lipinski definition) is 5. The Labute approximate surface area is 169 Å². The number of cyclic esters (lactones) is 1. The second-order valence-electron chi connectivity index (χ2n) is 7.63. The molecular formula is C19H38N4O3S. The second-order valence-corrected chi connectivity index (χ2v) is 8.00. The number of ether oxygens (including phenoxy) is 1. The Morgan fingerprint density at radius 3 is 2.41 bits per heavy atom. The van der Waals surface area contributed by atoms with Gasteiger partial charge in [0.2, 0.25) is 5.91 Å². The highest BCUT2D eigenvalue weighted by atomic mass is 32.1. The Balaban J connectivity index is 2.69. The third-order valence-electron chi connectivity index (χ3n) is 5.51. The molecule has 1 amide bonds. The van der Waals surface area contributed by atoms with Crippen LogP contribution in [0.3, 0.4) is 0 Å². The van der Waals surface area contributed by atoms with Crippen molar-refractivity contribution in [3.05, 3.63) is 0 Å². The molecule has 1 fully saturated rings. The SMILES string of the molecule is CCC(C)C(CN[C@H](C(=O)N[C@H]1CCOC1=O)[C@@H](C)CC)NCC(N)CS. The van der Waals surface area contributed by atoms with Crippen LogP contribution in [-0.4, -0.2) is 61.5 Å². The first-order valence-corrected chi connectivity index (χ1v) is 10.8. The summed E-state index contributed by atoms with van der Waals surface area (Å²) in [5.41, 5.74) is 5.97. The Hall–Kier alpha value is -0.830. The topological polar surface area (TPSA) is 105 Å². The summed E-state index contributed by atoms with van der Waals surface area (Å²) in [4.78, 5) is 24.4. The molecule has 0 aromatic carbocycles. The lowest BCUT2D eigenvalue weighted by molar-refractivity contribution is -0.141. The highest BCUT2D eigenvalue weighted by molar-refractivity contribution is 7.80. The summed E-state index contributed by atoms with van der Waals surface area (Å²) in [5, 5.41) is 9.78. The van der Waals surface area contributed by atoms with Gasteiger partial charge < -0.3 is 26.4 Å². The molecular weight excluding hydrogens is 364 g/mol. The number of thiol groups is 1. The molecule has 3 unspecified atom stereocenters. The molecule has 0 aliphatic carbocycles. The number of nitrogens with one attached hydrogen (secondary N) is 3. The minimum absolute atomic E-state index is 0.00179. The number of nitrogens with two attached hydrogens (primary N) is 1. The van der Waals surface area contributed by atoms with Crippen LogP contribution in [-0.2, 0) is 14.3 Å². The molecule has 5 N–H and O–H groups in total. The maximum atomic E-state index is 12.8. The molecule has 7 nitrogen and oxygen atoms in total. The van der Waals surface area contributed by atoms with Gasteiger partial charge in [-0.05, 0) is 11.8 Å². The van der Waals surface area contributed by atoms with Crippen LogP contribution in [0.25, 0.3) is 0 Å². The molecule has 0 bridgehead atoms. The van der Waals surface area contributed by atoms with E-state index in [9.17, 15) is 9.59 Å². The Morgan fingerprint density at radius 2 is 1.89 bits per heavy atom. The predicted molar refractivity (Wildman–Crippen MR) is 112 cm³/mol. The fraction of sp³-hybridized carbons (Fsp3) is 0.895. The number of amides is 1. The molecule has 0 saturated carbocycles. The average Bonchev–Trinajstić information content (AvgIpc) is 3.07. The van der Waals surface area contributed by atoms with Crippen LogP contribution in [0.2, 0.25) is 0 Å². The van der Waals surface area contributed by atoms with E-state index >= 15 is 0 Å². The molecule has 1 aliphatic rings. The third kappa shape index (κ3) is 7.97. The van der Waals surface area contributed by atoms with Crippen LogP contribution in [0, 0.1) is 11.8 Å². The van der Waals surface area contributed by atoms with E-state index < -0.39 is 6.04 Å². The van der Waals surface area contributed by atoms with Crippen molar-refractivity contribution < 1.29 is 14.3 Å². The van der Waals surface area contributed by atoms with E-state index in [1.807, 2.05) is 6.92 Å².